The second-order valence-electron chi connectivity index (χ2n) is 8.30. The van der Waals surface area contributed by atoms with Crippen molar-refractivity contribution in [2.45, 2.75) is 64.6 Å². The highest BCUT2D eigenvalue weighted by molar-refractivity contribution is 5.40. The van der Waals surface area contributed by atoms with Crippen LogP contribution < -0.4 is 4.90 Å². The Morgan fingerprint density at radius 3 is 2.62 bits per heavy atom. The van der Waals surface area contributed by atoms with Gasteiger partial charge in [-0.25, -0.2) is 4.98 Å². The van der Waals surface area contributed by atoms with Crippen molar-refractivity contribution < 1.29 is 0 Å². The fourth-order valence-corrected chi connectivity index (χ4v) is 4.63. The van der Waals surface area contributed by atoms with E-state index in [1.54, 1.807) is 0 Å². The topological polar surface area (TPSA) is 37.2 Å². The third kappa shape index (κ3) is 3.37. The molecule has 2 aliphatic heterocycles. The van der Waals surface area contributed by atoms with E-state index < -0.39 is 0 Å². The van der Waals surface area contributed by atoms with Crippen LogP contribution in [-0.4, -0.2) is 44.8 Å². The van der Waals surface area contributed by atoms with Gasteiger partial charge in [0.15, 0.2) is 0 Å². The Kier molecular flexibility index (Phi) is 4.74. The van der Waals surface area contributed by atoms with Gasteiger partial charge >= 0.3 is 0 Å². The van der Waals surface area contributed by atoms with E-state index in [1.807, 2.05) is 0 Å². The molecule has 2 aliphatic rings. The van der Waals surface area contributed by atoms with E-state index in [0.29, 0.717) is 11.6 Å². The SMILES string of the molecule is Cc1cccc(N2CCC3(CCCN3Cc3cnn(C(C)C)c3)CC2)n1. The maximum absolute atomic E-state index is 4.72. The number of likely N-dealkylation sites (tertiary alicyclic amines) is 1. The minimum absolute atomic E-state index is 0.375. The quantitative estimate of drug-likeness (QED) is 0.838. The van der Waals surface area contributed by atoms with Gasteiger partial charge in [-0.1, -0.05) is 6.07 Å². The Hall–Kier alpha value is -1.88. The third-order valence-electron chi connectivity index (χ3n) is 6.19. The Morgan fingerprint density at radius 2 is 1.92 bits per heavy atom. The molecular formula is C21H31N5. The summed E-state index contributed by atoms with van der Waals surface area (Å²) in [6.45, 7) is 10.9. The minimum atomic E-state index is 0.375. The van der Waals surface area contributed by atoms with Crippen molar-refractivity contribution in [3.8, 4) is 0 Å². The normalized spacial score (nSPS) is 20.4. The third-order valence-corrected chi connectivity index (χ3v) is 6.19. The van der Waals surface area contributed by atoms with Crippen molar-refractivity contribution in [1.29, 1.82) is 0 Å². The van der Waals surface area contributed by atoms with Crippen LogP contribution in [0.15, 0.2) is 30.6 Å². The van der Waals surface area contributed by atoms with Crippen molar-refractivity contribution in [2.24, 2.45) is 0 Å². The summed E-state index contributed by atoms with van der Waals surface area (Å²) in [6, 6.07) is 6.78. The summed E-state index contributed by atoms with van der Waals surface area (Å²) in [5.74, 6) is 1.14. The summed E-state index contributed by atoms with van der Waals surface area (Å²) in [7, 11) is 0. The summed E-state index contributed by atoms with van der Waals surface area (Å²) in [5.41, 5.74) is 2.83. The van der Waals surface area contributed by atoms with Crippen LogP contribution in [0.5, 0.6) is 0 Å². The molecule has 0 bridgehead atoms. The summed E-state index contributed by atoms with van der Waals surface area (Å²) in [5, 5.41) is 4.52. The maximum Gasteiger partial charge on any atom is 0.128 e. The average molecular weight is 354 g/mol. The number of rotatable bonds is 4. The Labute approximate surface area is 157 Å². The largest absolute Gasteiger partial charge is 0.356 e. The molecule has 140 valence electrons. The van der Waals surface area contributed by atoms with Crippen LogP contribution in [0.2, 0.25) is 0 Å². The van der Waals surface area contributed by atoms with Crippen molar-refractivity contribution in [3.63, 3.8) is 0 Å². The van der Waals surface area contributed by atoms with Crippen LogP contribution in [-0.2, 0) is 6.54 Å². The summed E-state index contributed by atoms with van der Waals surface area (Å²) in [6.07, 6.45) is 9.41. The zero-order valence-corrected chi connectivity index (χ0v) is 16.4. The van der Waals surface area contributed by atoms with Crippen molar-refractivity contribution in [2.75, 3.05) is 24.5 Å². The van der Waals surface area contributed by atoms with Gasteiger partial charge in [-0.3, -0.25) is 9.58 Å². The van der Waals surface area contributed by atoms with E-state index in [-0.39, 0.29) is 0 Å². The molecule has 0 saturated carbocycles. The first-order valence-electron chi connectivity index (χ1n) is 10.0. The van der Waals surface area contributed by atoms with Crippen LogP contribution in [0.3, 0.4) is 0 Å². The molecule has 1 spiro atoms. The van der Waals surface area contributed by atoms with E-state index in [9.17, 15) is 0 Å². The Morgan fingerprint density at radius 1 is 1.12 bits per heavy atom. The number of hydrogen-bond donors (Lipinski definition) is 0. The molecule has 4 rings (SSSR count). The van der Waals surface area contributed by atoms with E-state index in [4.69, 9.17) is 4.98 Å². The van der Waals surface area contributed by atoms with Crippen molar-refractivity contribution >= 4 is 5.82 Å². The van der Waals surface area contributed by atoms with Crippen molar-refractivity contribution in [3.05, 3.63) is 41.9 Å². The molecule has 0 amide bonds. The fourth-order valence-electron chi connectivity index (χ4n) is 4.63. The fraction of sp³-hybridized carbons (Fsp3) is 0.619. The molecule has 26 heavy (non-hydrogen) atoms. The van der Waals surface area contributed by atoms with Gasteiger partial charge in [0.1, 0.15) is 5.82 Å². The number of aryl methyl sites for hydroxylation is 1. The monoisotopic (exact) mass is 353 g/mol. The minimum Gasteiger partial charge on any atom is -0.356 e. The molecule has 5 heteroatoms. The molecule has 2 saturated heterocycles. The smallest absolute Gasteiger partial charge is 0.128 e. The highest BCUT2D eigenvalue weighted by Gasteiger charge is 2.43. The highest BCUT2D eigenvalue weighted by atomic mass is 15.3. The number of hydrogen-bond acceptors (Lipinski definition) is 4. The van der Waals surface area contributed by atoms with Crippen LogP contribution in [0, 0.1) is 6.92 Å². The lowest BCUT2D eigenvalue weighted by Gasteiger charge is -2.45. The molecular weight excluding hydrogens is 322 g/mol. The van der Waals surface area contributed by atoms with Crippen LogP contribution >= 0.6 is 0 Å². The number of piperidine rings is 1. The van der Waals surface area contributed by atoms with E-state index in [2.05, 4.69) is 70.9 Å². The Balaban J connectivity index is 1.43. The first kappa shape index (κ1) is 17.5. The number of pyridine rings is 1. The molecule has 0 aliphatic carbocycles. The lowest BCUT2D eigenvalue weighted by Crippen LogP contribution is -2.52. The molecule has 2 fully saturated rings. The number of nitrogens with zero attached hydrogens (tertiary/aromatic N) is 5. The molecule has 2 aromatic heterocycles. The molecule has 5 nitrogen and oxygen atoms in total. The van der Waals surface area contributed by atoms with Gasteiger partial charge in [-0.05, 0) is 65.1 Å². The van der Waals surface area contributed by atoms with Gasteiger partial charge in [-0.2, -0.15) is 5.10 Å². The molecule has 0 aromatic carbocycles. The summed E-state index contributed by atoms with van der Waals surface area (Å²) in [4.78, 5) is 9.91. The lowest BCUT2D eigenvalue weighted by molar-refractivity contribution is 0.0996. The maximum atomic E-state index is 4.72. The van der Waals surface area contributed by atoms with Crippen LogP contribution in [0.4, 0.5) is 5.82 Å². The van der Waals surface area contributed by atoms with Gasteiger partial charge in [0, 0.05) is 48.7 Å². The lowest BCUT2D eigenvalue weighted by atomic mass is 9.84. The van der Waals surface area contributed by atoms with Gasteiger partial charge in [0.25, 0.3) is 0 Å². The zero-order chi connectivity index (χ0) is 18.1. The number of anilines is 1. The van der Waals surface area contributed by atoms with Gasteiger partial charge in [0.05, 0.1) is 6.20 Å². The van der Waals surface area contributed by atoms with Crippen LogP contribution in [0.1, 0.15) is 56.8 Å². The molecule has 2 aromatic rings. The molecule has 0 N–H and O–H groups in total. The van der Waals surface area contributed by atoms with Gasteiger partial charge < -0.3 is 4.90 Å². The highest BCUT2D eigenvalue weighted by Crippen LogP contribution is 2.40. The molecule has 4 heterocycles. The molecule has 0 atom stereocenters. The van der Waals surface area contributed by atoms with E-state index >= 15 is 0 Å². The van der Waals surface area contributed by atoms with Gasteiger partial charge in [0.2, 0.25) is 0 Å². The van der Waals surface area contributed by atoms with Crippen molar-refractivity contribution in [1.82, 2.24) is 19.7 Å². The first-order chi connectivity index (χ1) is 12.6. The number of aromatic nitrogens is 3. The predicted octanol–water partition coefficient (Wildman–Crippen LogP) is 3.80. The van der Waals surface area contributed by atoms with E-state index in [0.717, 1.165) is 31.1 Å². The average Bonchev–Trinajstić information content (AvgIpc) is 3.24. The van der Waals surface area contributed by atoms with Crippen LogP contribution in [0.25, 0.3) is 0 Å². The summed E-state index contributed by atoms with van der Waals surface area (Å²) >= 11 is 0. The molecule has 0 unspecified atom stereocenters. The zero-order valence-electron chi connectivity index (χ0n) is 16.4. The molecule has 0 radical (unpaired) electrons. The Bertz CT molecular complexity index is 742. The van der Waals surface area contributed by atoms with Gasteiger partial charge in [-0.15, -0.1) is 0 Å². The standard InChI is InChI=1S/C21H31N5/c1-17(2)26-16-19(14-22-26)15-25-11-5-8-21(25)9-12-24(13-10-21)20-7-4-6-18(3)23-20/h4,6-7,14,16-17H,5,8-13,15H2,1-3H3. The summed E-state index contributed by atoms with van der Waals surface area (Å²) < 4.78 is 2.07. The van der Waals surface area contributed by atoms with E-state index in [1.165, 1.54) is 37.8 Å². The predicted molar refractivity (Wildman–Crippen MR) is 105 cm³/mol. The first-order valence-corrected chi connectivity index (χ1v) is 10.0. The second kappa shape index (κ2) is 7.03. The second-order valence-corrected chi connectivity index (χ2v) is 8.30.